The summed E-state index contributed by atoms with van der Waals surface area (Å²) in [6, 6.07) is 15.3. The van der Waals surface area contributed by atoms with Crippen LogP contribution < -0.4 is 4.90 Å². The highest BCUT2D eigenvalue weighted by molar-refractivity contribution is 7.11. The number of hydrogen-bond acceptors (Lipinski definition) is 3. The van der Waals surface area contributed by atoms with Crippen LogP contribution in [0.3, 0.4) is 0 Å². The molecular weight excluding hydrogens is 324 g/mol. The fourth-order valence-corrected chi connectivity index (χ4v) is 4.87. The molecule has 0 radical (unpaired) electrons. The molecule has 1 aliphatic heterocycles. The van der Waals surface area contributed by atoms with Crippen LogP contribution >= 0.6 is 11.3 Å². The minimum absolute atomic E-state index is 0.885. The maximum absolute atomic E-state index is 2.66. The van der Waals surface area contributed by atoms with E-state index in [1.165, 1.54) is 55.9 Å². The summed E-state index contributed by atoms with van der Waals surface area (Å²) in [6.45, 7) is 6.01. The standard InChI is InChI=1S/C22H28N2S/c1-2-5-21(6-3-1)24-16-14-23(15-17-24)13-12-19-8-10-20(11-9-19)22-7-4-18-25-22/h1-7,10,18-19H,8-9,11-17H2. The molecule has 0 N–H and O–H groups in total. The lowest BCUT2D eigenvalue weighted by molar-refractivity contribution is 0.234. The van der Waals surface area contributed by atoms with Crippen LogP contribution in [-0.2, 0) is 0 Å². The van der Waals surface area contributed by atoms with Crippen molar-refractivity contribution in [3.63, 3.8) is 0 Å². The van der Waals surface area contributed by atoms with Gasteiger partial charge < -0.3 is 4.90 Å². The average molecular weight is 353 g/mol. The van der Waals surface area contributed by atoms with Gasteiger partial charge in [-0.3, -0.25) is 4.90 Å². The molecule has 2 aromatic rings. The van der Waals surface area contributed by atoms with E-state index in [0.29, 0.717) is 0 Å². The van der Waals surface area contributed by atoms with E-state index in [9.17, 15) is 0 Å². The Balaban J connectivity index is 1.20. The van der Waals surface area contributed by atoms with Crippen molar-refractivity contribution in [2.75, 3.05) is 37.6 Å². The van der Waals surface area contributed by atoms with Gasteiger partial charge in [0.1, 0.15) is 0 Å². The first-order valence-electron chi connectivity index (χ1n) is 9.64. The van der Waals surface area contributed by atoms with Gasteiger partial charge >= 0.3 is 0 Å². The smallest absolute Gasteiger partial charge is 0.0367 e. The molecule has 1 aromatic carbocycles. The summed E-state index contributed by atoms with van der Waals surface area (Å²) >= 11 is 1.88. The molecule has 2 aliphatic rings. The van der Waals surface area contributed by atoms with Crippen LogP contribution in [-0.4, -0.2) is 37.6 Å². The summed E-state index contributed by atoms with van der Waals surface area (Å²) in [7, 11) is 0. The second kappa shape index (κ2) is 8.20. The van der Waals surface area contributed by atoms with Crippen LogP contribution in [0.4, 0.5) is 5.69 Å². The summed E-state index contributed by atoms with van der Waals surface area (Å²) in [5, 5.41) is 2.19. The lowest BCUT2D eigenvalue weighted by Crippen LogP contribution is -2.46. The predicted molar refractivity (Wildman–Crippen MR) is 109 cm³/mol. The number of thiophene rings is 1. The van der Waals surface area contributed by atoms with Gasteiger partial charge in [-0.2, -0.15) is 0 Å². The Morgan fingerprint density at radius 3 is 2.48 bits per heavy atom. The molecule has 0 spiro atoms. The monoisotopic (exact) mass is 352 g/mol. The molecule has 1 unspecified atom stereocenters. The fraction of sp³-hybridized carbons (Fsp3) is 0.455. The highest BCUT2D eigenvalue weighted by Gasteiger charge is 2.20. The number of rotatable bonds is 5. The van der Waals surface area contributed by atoms with Crippen LogP contribution in [0.2, 0.25) is 0 Å². The Morgan fingerprint density at radius 1 is 0.960 bits per heavy atom. The third kappa shape index (κ3) is 4.34. The number of anilines is 1. The lowest BCUT2D eigenvalue weighted by Gasteiger charge is -2.36. The molecule has 0 saturated carbocycles. The summed E-state index contributed by atoms with van der Waals surface area (Å²) in [4.78, 5) is 6.67. The highest BCUT2D eigenvalue weighted by atomic mass is 32.1. The van der Waals surface area contributed by atoms with Gasteiger partial charge in [0, 0.05) is 36.7 Å². The molecule has 4 rings (SSSR count). The molecular formula is C22H28N2S. The molecule has 2 heterocycles. The Kier molecular flexibility index (Phi) is 5.53. The maximum Gasteiger partial charge on any atom is 0.0367 e. The number of para-hydroxylation sites is 1. The second-order valence-corrected chi connectivity index (χ2v) is 8.25. The predicted octanol–water partition coefficient (Wildman–Crippen LogP) is 5.14. The van der Waals surface area contributed by atoms with Crippen molar-refractivity contribution >= 4 is 22.6 Å². The van der Waals surface area contributed by atoms with E-state index in [0.717, 1.165) is 19.0 Å². The van der Waals surface area contributed by atoms with E-state index in [1.807, 2.05) is 11.3 Å². The first kappa shape index (κ1) is 16.9. The van der Waals surface area contributed by atoms with Crippen LogP contribution in [0.25, 0.3) is 5.57 Å². The molecule has 0 bridgehead atoms. The van der Waals surface area contributed by atoms with Crippen molar-refractivity contribution < 1.29 is 0 Å². The molecule has 132 valence electrons. The van der Waals surface area contributed by atoms with Crippen molar-refractivity contribution in [2.45, 2.75) is 25.7 Å². The third-order valence-corrected chi connectivity index (χ3v) is 6.65. The van der Waals surface area contributed by atoms with Crippen molar-refractivity contribution in [1.82, 2.24) is 4.90 Å². The van der Waals surface area contributed by atoms with Crippen LogP contribution in [0.1, 0.15) is 30.6 Å². The van der Waals surface area contributed by atoms with Crippen LogP contribution in [0, 0.1) is 5.92 Å². The van der Waals surface area contributed by atoms with Gasteiger partial charge in [0.15, 0.2) is 0 Å². The number of allylic oxidation sites excluding steroid dienone is 2. The topological polar surface area (TPSA) is 6.48 Å². The summed E-state index contributed by atoms with van der Waals surface area (Å²) in [5.74, 6) is 0.885. The second-order valence-electron chi connectivity index (χ2n) is 7.30. The number of nitrogens with zero attached hydrogens (tertiary/aromatic N) is 2. The molecule has 2 nitrogen and oxygen atoms in total. The molecule has 1 fully saturated rings. The first-order chi connectivity index (χ1) is 12.4. The lowest BCUT2D eigenvalue weighted by atomic mass is 9.87. The van der Waals surface area contributed by atoms with Gasteiger partial charge in [0.05, 0.1) is 0 Å². The van der Waals surface area contributed by atoms with Gasteiger partial charge in [0.25, 0.3) is 0 Å². The van der Waals surface area contributed by atoms with E-state index >= 15 is 0 Å². The minimum atomic E-state index is 0.885. The average Bonchev–Trinajstić information content (AvgIpc) is 3.23. The number of hydrogen-bond donors (Lipinski definition) is 0. The Morgan fingerprint density at radius 2 is 1.80 bits per heavy atom. The van der Waals surface area contributed by atoms with E-state index in [4.69, 9.17) is 0 Å². The van der Waals surface area contributed by atoms with E-state index in [1.54, 1.807) is 5.57 Å². The quantitative estimate of drug-likeness (QED) is 0.735. The molecule has 1 saturated heterocycles. The fourth-order valence-electron chi connectivity index (χ4n) is 4.07. The van der Waals surface area contributed by atoms with Crippen LogP contribution in [0.15, 0.2) is 53.9 Å². The zero-order valence-corrected chi connectivity index (χ0v) is 15.8. The first-order valence-corrected chi connectivity index (χ1v) is 10.5. The van der Waals surface area contributed by atoms with E-state index in [2.05, 4.69) is 63.7 Å². The Labute approximate surface area is 155 Å². The van der Waals surface area contributed by atoms with Gasteiger partial charge in [-0.15, -0.1) is 11.3 Å². The summed E-state index contributed by atoms with van der Waals surface area (Å²) < 4.78 is 0. The van der Waals surface area contributed by atoms with Crippen molar-refractivity contribution in [3.8, 4) is 0 Å². The van der Waals surface area contributed by atoms with Crippen molar-refractivity contribution in [1.29, 1.82) is 0 Å². The maximum atomic E-state index is 2.66. The number of benzene rings is 1. The van der Waals surface area contributed by atoms with Crippen molar-refractivity contribution in [2.24, 2.45) is 5.92 Å². The Hall–Kier alpha value is -1.58. The normalized spacial score (nSPS) is 22.0. The molecule has 1 aliphatic carbocycles. The van der Waals surface area contributed by atoms with Gasteiger partial charge in [0.2, 0.25) is 0 Å². The Bertz CT molecular complexity index is 669. The third-order valence-electron chi connectivity index (χ3n) is 5.70. The summed E-state index contributed by atoms with van der Waals surface area (Å²) in [5.41, 5.74) is 2.96. The zero-order chi connectivity index (χ0) is 16.9. The minimum Gasteiger partial charge on any atom is -0.369 e. The van der Waals surface area contributed by atoms with E-state index < -0.39 is 0 Å². The molecule has 1 atom stereocenters. The van der Waals surface area contributed by atoms with E-state index in [-0.39, 0.29) is 0 Å². The highest BCUT2D eigenvalue weighted by Crippen LogP contribution is 2.33. The van der Waals surface area contributed by atoms with Gasteiger partial charge in [-0.1, -0.05) is 30.3 Å². The SMILES string of the molecule is C1=C(c2cccs2)CCC(CCN2CCN(c3ccccc3)CC2)C1. The van der Waals surface area contributed by atoms with Crippen LogP contribution in [0.5, 0.6) is 0 Å². The molecule has 3 heteroatoms. The largest absolute Gasteiger partial charge is 0.369 e. The molecule has 0 amide bonds. The molecule has 25 heavy (non-hydrogen) atoms. The zero-order valence-electron chi connectivity index (χ0n) is 14.9. The number of piperazine rings is 1. The van der Waals surface area contributed by atoms with Crippen molar-refractivity contribution in [3.05, 3.63) is 58.8 Å². The summed E-state index contributed by atoms with van der Waals surface area (Å²) in [6.07, 6.45) is 7.78. The molecule has 1 aromatic heterocycles. The van der Waals surface area contributed by atoms with Gasteiger partial charge in [-0.05, 0) is 67.3 Å². The van der Waals surface area contributed by atoms with Gasteiger partial charge in [-0.25, -0.2) is 0 Å².